The van der Waals surface area contributed by atoms with Crippen LogP contribution in [0.3, 0.4) is 0 Å². The van der Waals surface area contributed by atoms with Gasteiger partial charge in [-0.25, -0.2) is 4.98 Å². The molecule has 0 amide bonds. The third-order valence-electron chi connectivity index (χ3n) is 2.56. The Balaban J connectivity index is 2.36. The number of fused-ring (bicyclic) bond motifs is 1. The minimum Gasteiger partial charge on any atom is -0.497 e. The zero-order valence-electron chi connectivity index (χ0n) is 10.1. The van der Waals surface area contributed by atoms with Crippen LogP contribution >= 0.6 is 0 Å². The van der Waals surface area contributed by atoms with Crippen molar-refractivity contribution in [2.24, 2.45) is 5.73 Å². The van der Waals surface area contributed by atoms with Gasteiger partial charge in [0.05, 0.1) is 7.11 Å². The molecule has 0 saturated carbocycles. The number of ether oxygens (including phenoxy) is 1. The van der Waals surface area contributed by atoms with Gasteiger partial charge in [0.25, 0.3) is 0 Å². The van der Waals surface area contributed by atoms with Crippen molar-refractivity contribution in [2.75, 3.05) is 19.0 Å². The maximum absolute atomic E-state index is 5.72. The lowest BCUT2D eigenvalue weighted by molar-refractivity contribution is 0.415. The molecule has 0 bridgehead atoms. The SMILES string of the molecule is COc1ccc2c(NCC(C)N)nccc2c1. The van der Waals surface area contributed by atoms with Crippen molar-refractivity contribution < 1.29 is 4.74 Å². The molecular formula is C13H17N3O. The molecule has 4 nitrogen and oxygen atoms in total. The molecule has 2 aromatic rings. The minimum atomic E-state index is 0.102. The number of anilines is 1. The van der Waals surface area contributed by atoms with Crippen molar-refractivity contribution in [1.82, 2.24) is 4.98 Å². The molecule has 0 spiro atoms. The van der Waals surface area contributed by atoms with E-state index in [1.54, 1.807) is 13.3 Å². The second-order valence-corrected chi connectivity index (χ2v) is 4.10. The summed E-state index contributed by atoms with van der Waals surface area (Å²) in [5.74, 6) is 1.71. The molecule has 0 radical (unpaired) electrons. The van der Waals surface area contributed by atoms with Gasteiger partial charge in [0, 0.05) is 24.2 Å². The van der Waals surface area contributed by atoms with Crippen molar-refractivity contribution in [2.45, 2.75) is 13.0 Å². The first-order valence-electron chi connectivity index (χ1n) is 5.63. The molecule has 1 heterocycles. The van der Waals surface area contributed by atoms with Crippen LogP contribution in [0.5, 0.6) is 5.75 Å². The van der Waals surface area contributed by atoms with Crippen LogP contribution in [0.4, 0.5) is 5.82 Å². The summed E-state index contributed by atoms with van der Waals surface area (Å²) in [5.41, 5.74) is 5.72. The Morgan fingerprint density at radius 2 is 2.24 bits per heavy atom. The Kier molecular flexibility index (Phi) is 3.44. The van der Waals surface area contributed by atoms with E-state index >= 15 is 0 Å². The van der Waals surface area contributed by atoms with Gasteiger partial charge in [-0.05, 0) is 36.6 Å². The topological polar surface area (TPSA) is 60.2 Å². The molecule has 3 N–H and O–H groups in total. The van der Waals surface area contributed by atoms with Gasteiger partial charge in [0.1, 0.15) is 11.6 Å². The molecule has 90 valence electrons. The number of nitrogens with zero attached hydrogens (tertiary/aromatic N) is 1. The van der Waals surface area contributed by atoms with Gasteiger partial charge in [-0.1, -0.05) is 0 Å². The molecule has 1 unspecified atom stereocenters. The summed E-state index contributed by atoms with van der Waals surface area (Å²) < 4.78 is 5.20. The molecule has 1 aromatic heterocycles. The van der Waals surface area contributed by atoms with Gasteiger partial charge in [-0.2, -0.15) is 0 Å². The predicted molar refractivity (Wildman–Crippen MR) is 70.4 cm³/mol. The summed E-state index contributed by atoms with van der Waals surface area (Å²) in [6, 6.07) is 8.00. The Morgan fingerprint density at radius 1 is 1.41 bits per heavy atom. The second kappa shape index (κ2) is 5.01. The quantitative estimate of drug-likeness (QED) is 0.845. The van der Waals surface area contributed by atoms with Gasteiger partial charge < -0.3 is 15.8 Å². The normalized spacial score (nSPS) is 12.4. The van der Waals surface area contributed by atoms with Crippen molar-refractivity contribution in [3.63, 3.8) is 0 Å². The van der Waals surface area contributed by atoms with Gasteiger partial charge >= 0.3 is 0 Å². The zero-order valence-corrected chi connectivity index (χ0v) is 10.1. The highest BCUT2D eigenvalue weighted by molar-refractivity contribution is 5.92. The number of nitrogens with two attached hydrogens (primary N) is 1. The average Bonchev–Trinajstić information content (AvgIpc) is 2.35. The largest absolute Gasteiger partial charge is 0.497 e. The number of hydrogen-bond donors (Lipinski definition) is 2. The van der Waals surface area contributed by atoms with Gasteiger partial charge in [-0.15, -0.1) is 0 Å². The van der Waals surface area contributed by atoms with E-state index in [9.17, 15) is 0 Å². The number of benzene rings is 1. The zero-order chi connectivity index (χ0) is 12.3. The average molecular weight is 231 g/mol. The number of methoxy groups -OCH3 is 1. The van der Waals surface area contributed by atoms with Crippen molar-refractivity contribution in [3.8, 4) is 5.75 Å². The molecule has 2 rings (SSSR count). The summed E-state index contributed by atoms with van der Waals surface area (Å²) in [4.78, 5) is 4.33. The summed E-state index contributed by atoms with van der Waals surface area (Å²) >= 11 is 0. The first-order chi connectivity index (χ1) is 8.20. The third-order valence-corrected chi connectivity index (χ3v) is 2.56. The first kappa shape index (κ1) is 11.7. The van der Waals surface area contributed by atoms with E-state index in [1.807, 2.05) is 31.2 Å². The fourth-order valence-electron chi connectivity index (χ4n) is 1.68. The van der Waals surface area contributed by atoms with E-state index in [2.05, 4.69) is 10.3 Å². The first-order valence-corrected chi connectivity index (χ1v) is 5.63. The number of nitrogens with one attached hydrogen (secondary N) is 1. The highest BCUT2D eigenvalue weighted by Crippen LogP contribution is 2.25. The smallest absolute Gasteiger partial charge is 0.133 e. The van der Waals surface area contributed by atoms with Crippen molar-refractivity contribution in [3.05, 3.63) is 30.5 Å². The van der Waals surface area contributed by atoms with Gasteiger partial charge in [-0.3, -0.25) is 0 Å². The Bertz CT molecular complexity index is 511. The van der Waals surface area contributed by atoms with E-state index in [-0.39, 0.29) is 6.04 Å². The fraction of sp³-hybridized carbons (Fsp3) is 0.308. The predicted octanol–water partition coefficient (Wildman–Crippen LogP) is 2.00. The van der Waals surface area contributed by atoms with Crippen molar-refractivity contribution in [1.29, 1.82) is 0 Å². The van der Waals surface area contributed by atoms with E-state index < -0.39 is 0 Å². The van der Waals surface area contributed by atoms with E-state index in [1.165, 1.54) is 0 Å². The molecule has 0 aliphatic carbocycles. The third kappa shape index (κ3) is 2.65. The van der Waals surface area contributed by atoms with E-state index in [0.717, 1.165) is 22.3 Å². The lowest BCUT2D eigenvalue weighted by Gasteiger charge is -2.11. The van der Waals surface area contributed by atoms with E-state index in [0.29, 0.717) is 6.54 Å². The summed E-state index contributed by atoms with van der Waals surface area (Å²) in [6.07, 6.45) is 1.78. The number of pyridine rings is 1. The molecule has 4 heteroatoms. The van der Waals surface area contributed by atoms with E-state index in [4.69, 9.17) is 10.5 Å². The van der Waals surface area contributed by atoms with Gasteiger partial charge in [0.15, 0.2) is 0 Å². The maximum Gasteiger partial charge on any atom is 0.133 e. The number of hydrogen-bond acceptors (Lipinski definition) is 4. The van der Waals surface area contributed by atoms with Crippen LogP contribution in [0.2, 0.25) is 0 Å². The molecular weight excluding hydrogens is 214 g/mol. The summed E-state index contributed by atoms with van der Waals surface area (Å²) in [6.45, 7) is 2.67. The molecule has 1 atom stereocenters. The lowest BCUT2D eigenvalue weighted by atomic mass is 10.1. The van der Waals surface area contributed by atoms with Crippen LogP contribution in [0.1, 0.15) is 6.92 Å². The molecule has 0 fully saturated rings. The Morgan fingerprint density at radius 3 is 2.94 bits per heavy atom. The maximum atomic E-state index is 5.72. The summed E-state index contributed by atoms with van der Waals surface area (Å²) in [5, 5.41) is 5.43. The number of rotatable bonds is 4. The Labute approximate surface area is 101 Å². The van der Waals surface area contributed by atoms with Crippen LogP contribution in [-0.2, 0) is 0 Å². The molecule has 17 heavy (non-hydrogen) atoms. The van der Waals surface area contributed by atoms with Crippen molar-refractivity contribution >= 4 is 16.6 Å². The lowest BCUT2D eigenvalue weighted by Crippen LogP contribution is -2.25. The van der Waals surface area contributed by atoms with Crippen LogP contribution in [0, 0.1) is 0 Å². The van der Waals surface area contributed by atoms with Crippen LogP contribution < -0.4 is 15.8 Å². The number of aromatic nitrogens is 1. The second-order valence-electron chi connectivity index (χ2n) is 4.10. The summed E-state index contributed by atoms with van der Waals surface area (Å²) in [7, 11) is 1.66. The van der Waals surface area contributed by atoms with Crippen LogP contribution in [-0.4, -0.2) is 24.7 Å². The van der Waals surface area contributed by atoms with Gasteiger partial charge in [0.2, 0.25) is 0 Å². The van der Waals surface area contributed by atoms with Crippen LogP contribution in [0.15, 0.2) is 30.5 Å². The van der Waals surface area contributed by atoms with Crippen LogP contribution in [0.25, 0.3) is 10.8 Å². The fourth-order valence-corrected chi connectivity index (χ4v) is 1.68. The standard InChI is InChI=1S/C13H17N3O/c1-9(14)8-16-13-12-4-3-11(17-2)7-10(12)5-6-15-13/h3-7,9H,8,14H2,1-2H3,(H,15,16). The highest BCUT2D eigenvalue weighted by atomic mass is 16.5. The minimum absolute atomic E-state index is 0.102. The molecule has 0 aliphatic heterocycles. The molecule has 1 aromatic carbocycles. The molecule has 0 aliphatic rings. The Hall–Kier alpha value is -1.81. The molecule has 0 saturated heterocycles. The monoisotopic (exact) mass is 231 g/mol. The highest BCUT2D eigenvalue weighted by Gasteiger charge is 2.03.